The molecule has 1 aromatic heterocycles. The Balaban J connectivity index is 2.37. The summed E-state index contributed by atoms with van der Waals surface area (Å²) in [5.74, 6) is 0. The van der Waals surface area contributed by atoms with Gasteiger partial charge in [-0.15, -0.1) is 0 Å². The molecule has 18 heavy (non-hydrogen) atoms. The van der Waals surface area contributed by atoms with E-state index < -0.39 is 0 Å². The number of hydrogen-bond acceptors (Lipinski definition) is 2. The largest absolute Gasteiger partial charge is 0.394 e. The van der Waals surface area contributed by atoms with Crippen LogP contribution in [-0.2, 0) is 6.54 Å². The van der Waals surface area contributed by atoms with Crippen LogP contribution < -0.4 is 11.2 Å². The number of halogens is 2. The summed E-state index contributed by atoms with van der Waals surface area (Å²) in [6.07, 6.45) is 3.32. The fourth-order valence-corrected chi connectivity index (χ4v) is 2.47. The van der Waals surface area contributed by atoms with Gasteiger partial charge in [-0.2, -0.15) is 0 Å². The average Bonchev–Trinajstić information content (AvgIpc) is 2.29. The Kier molecular flexibility index (Phi) is 3.78. The third-order valence-electron chi connectivity index (χ3n) is 2.62. The first-order valence-corrected chi connectivity index (χ1v) is 6.54. The highest BCUT2D eigenvalue weighted by atomic mass is 79.9. The van der Waals surface area contributed by atoms with Crippen molar-refractivity contribution in [1.29, 1.82) is 0 Å². The Morgan fingerprint density at radius 3 is 2.72 bits per heavy atom. The maximum atomic E-state index is 11.5. The lowest BCUT2D eigenvalue weighted by Gasteiger charge is -2.10. The second-order valence-corrected chi connectivity index (χ2v) is 5.42. The highest BCUT2D eigenvalue weighted by Crippen LogP contribution is 2.19. The lowest BCUT2D eigenvalue weighted by Crippen LogP contribution is -2.13. The molecule has 0 aliphatic rings. The van der Waals surface area contributed by atoms with E-state index in [2.05, 4.69) is 15.9 Å². The Bertz CT molecular complexity index is 626. The number of benzene rings is 1. The van der Waals surface area contributed by atoms with Gasteiger partial charge >= 0.3 is 0 Å². The van der Waals surface area contributed by atoms with Crippen molar-refractivity contribution in [2.45, 2.75) is 13.5 Å². The van der Waals surface area contributed by atoms with Crippen LogP contribution in [0.5, 0.6) is 0 Å². The molecule has 2 rings (SSSR count). The van der Waals surface area contributed by atoms with Crippen LogP contribution in [0.1, 0.15) is 11.1 Å². The van der Waals surface area contributed by atoms with Crippen LogP contribution in [0, 0.1) is 6.92 Å². The second kappa shape index (κ2) is 5.16. The number of rotatable bonds is 2. The number of pyridine rings is 1. The molecule has 0 aliphatic carbocycles. The molecule has 0 bridgehead atoms. The molecule has 1 heterocycles. The maximum Gasteiger partial charge on any atom is 0.218 e. The quantitative estimate of drug-likeness (QED) is 0.921. The molecular weight excluding hydrogens is 316 g/mol. The van der Waals surface area contributed by atoms with E-state index in [1.54, 1.807) is 12.4 Å². The molecule has 0 fully saturated rings. The normalized spacial score (nSPS) is 10.6. The van der Waals surface area contributed by atoms with Gasteiger partial charge in [0.25, 0.3) is 0 Å². The molecule has 0 radical (unpaired) electrons. The molecule has 2 N–H and O–H groups in total. The number of aryl methyl sites for hydroxylation is 1. The monoisotopic (exact) mass is 326 g/mol. The van der Waals surface area contributed by atoms with E-state index in [9.17, 15) is 4.79 Å². The molecule has 94 valence electrons. The predicted octanol–water partition coefficient (Wildman–Crippen LogP) is 3.20. The van der Waals surface area contributed by atoms with Crippen molar-refractivity contribution in [2.24, 2.45) is 0 Å². The van der Waals surface area contributed by atoms with Crippen LogP contribution in [0.4, 0.5) is 5.69 Å². The van der Waals surface area contributed by atoms with Gasteiger partial charge in [0.05, 0.1) is 10.2 Å². The Hall–Kier alpha value is -1.26. The maximum absolute atomic E-state index is 11.5. The molecule has 0 saturated carbocycles. The van der Waals surface area contributed by atoms with Gasteiger partial charge in [0.1, 0.15) is 0 Å². The summed E-state index contributed by atoms with van der Waals surface area (Å²) in [5, 5.41) is 0.711. The van der Waals surface area contributed by atoms with Crippen molar-refractivity contribution in [3.05, 3.63) is 61.4 Å². The van der Waals surface area contributed by atoms with Gasteiger partial charge in [-0.3, -0.25) is 4.79 Å². The van der Waals surface area contributed by atoms with Gasteiger partial charge in [-0.05, 0) is 40.0 Å². The zero-order chi connectivity index (χ0) is 13.3. The van der Waals surface area contributed by atoms with Crippen molar-refractivity contribution < 1.29 is 0 Å². The van der Waals surface area contributed by atoms with Crippen molar-refractivity contribution >= 4 is 33.2 Å². The number of nitrogens with zero attached hydrogens (tertiary/aromatic N) is 1. The van der Waals surface area contributed by atoms with Crippen molar-refractivity contribution in [3.8, 4) is 0 Å². The fourth-order valence-electron chi connectivity index (χ4n) is 1.69. The summed E-state index contributed by atoms with van der Waals surface area (Å²) in [6, 6.07) is 5.89. The third kappa shape index (κ3) is 2.76. The lowest BCUT2D eigenvalue weighted by atomic mass is 10.1. The van der Waals surface area contributed by atoms with Crippen LogP contribution >= 0.6 is 27.5 Å². The van der Waals surface area contributed by atoms with Gasteiger partial charge in [0, 0.05) is 24.0 Å². The molecule has 0 atom stereocenters. The van der Waals surface area contributed by atoms with E-state index >= 15 is 0 Å². The molecule has 0 amide bonds. The summed E-state index contributed by atoms with van der Waals surface area (Å²) in [5.41, 5.74) is 7.76. The standard InChI is InChI=1S/C13H12BrClN2O/c1-8-2-3-9(11(15)4-8)5-17-6-10(14)13(18)12(16)7-17/h2-4,6-7H,5,16H2,1H3. The Morgan fingerprint density at radius 1 is 1.39 bits per heavy atom. The molecule has 3 nitrogen and oxygen atoms in total. The van der Waals surface area contributed by atoms with E-state index in [1.165, 1.54) is 0 Å². The summed E-state index contributed by atoms with van der Waals surface area (Å²) >= 11 is 9.37. The summed E-state index contributed by atoms with van der Waals surface area (Å²) in [6.45, 7) is 2.56. The van der Waals surface area contributed by atoms with E-state index in [1.807, 2.05) is 29.7 Å². The van der Waals surface area contributed by atoms with Crippen LogP contribution in [0.3, 0.4) is 0 Å². The molecule has 0 saturated heterocycles. The minimum absolute atomic E-state index is 0.193. The SMILES string of the molecule is Cc1ccc(Cn2cc(N)c(=O)c(Br)c2)c(Cl)c1. The molecule has 0 aliphatic heterocycles. The van der Waals surface area contributed by atoms with E-state index in [-0.39, 0.29) is 11.1 Å². The average molecular weight is 328 g/mol. The van der Waals surface area contributed by atoms with Crippen molar-refractivity contribution in [3.63, 3.8) is 0 Å². The fraction of sp³-hybridized carbons (Fsp3) is 0.154. The molecular formula is C13H12BrClN2O. The first kappa shape index (κ1) is 13.2. The number of hydrogen-bond donors (Lipinski definition) is 1. The molecule has 5 heteroatoms. The van der Waals surface area contributed by atoms with E-state index in [0.717, 1.165) is 11.1 Å². The minimum atomic E-state index is -0.193. The topological polar surface area (TPSA) is 48.0 Å². The molecule has 0 unspecified atom stereocenters. The number of aromatic nitrogens is 1. The van der Waals surface area contributed by atoms with Crippen LogP contribution in [0.2, 0.25) is 5.02 Å². The first-order valence-electron chi connectivity index (χ1n) is 5.37. The summed E-state index contributed by atoms with van der Waals surface area (Å²) < 4.78 is 2.28. The van der Waals surface area contributed by atoms with E-state index in [4.69, 9.17) is 17.3 Å². The third-order valence-corrected chi connectivity index (χ3v) is 3.54. The van der Waals surface area contributed by atoms with Gasteiger partial charge in [-0.25, -0.2) is 0 Å². The zero-order valence-electron chi connectivity index (χ0n) is 9.78. The summed E-state index contributed by atoms with van der Waals surface area (Å²) in [7, 11) is 0. The highest BCUT2D eigenvalue weighted by Gasteiger charge is 2.05. The second-order valence-electron chi connectivity index (χ2n) is 4.16. The number of nitrogens with two attached hydrogens (primary N) is 1. The first-order chi connectivity index (χ1) is 8.47. The minimum Gasteiger partial charge on any atom is -0.394 e. The van der Waals surface area contributed by atoms with Gasteiger partial charge in [-0.1, -0.05) is 23.7 Å². The number of nitrogen functional groups attached to an aromatic ring is 1. The van der Waals surface area contributed by atoms with Crippen molar-refractivity contribution in [2.75, 3.05) is 5.73 Å². The predicted molar refractivity (Wildman–Crippen MR) is 78.1 cm³/mol. The Morgan fingerprint density at radius 2 is 2.11 bits per heavy atom. The van der Waals surface area contributed by atoms with Gasteiger partial charge < -0.3 is 10.3 Å². The van der Waals surface area contributed by atoms with E-state index in [0.29, 0.717) is 16.0 Å². The van der Waals surface area contributed by atoms with Gasteiger partial charge in [0.15, 0.2) is 0 Å². The van der Waals surface area contributed by atoms with Crippen LogP contribution in [-0.4, -0.2) is 4.57 Å². The van der Waals surface area contributed by atoms with Crippen LogP contribution in [0.15, 0.2) is 39.9 Å². The highest BCUT2D eigenvalue weighted by molar-refractivity contribution is 9.10. The molecule has 1 aromatic carbocycles. The smallest absolute Gasteiger partial charge is 0.218 e. The van der Waals surface area contributed by atoms with Crippen molar-refractivity contribution in [1.82, 2.24) is 4.57 Å². The molecule has 2 aromatic rings. The Labute approximate surface area is 118 Å². The van der Waals surface area contributed by atoms with Gasteiger partial charge in [0.2, 0.25) is 5.43 Å². The summed E-state index contributed by atoms with van der Waals surface area (Å²) in [4.78, 5) is 11.5. The lowest BCUT2D eigenvalue weighted by molar-refractivity contribution is 0.787. The van der Waals surface area contributed by atoms with Crippen LogP contribution in [0.25, 0.3) is 0 Å². The zero-order valence-corrected chi connectivity index (χ0v) is 12.1. The number of anilines is 1. The molecule has 0 spiro atoms.